The van der Waals surface area contributed by atoms with Crippen LogP contribution in [-0.4, -0.2) is 15.7 Å². The van der Waals surface area contributed by atoms with Gasteiger partial charge in [-0.15, -0.1) is 23.1 Å². The summed E-state index contributed by atoms with van der Waals surface area (Å²) >= 11 is 3.44. The third kappa shape index (κ3) is 2.95. The average Bonchev–Trinajstić information content (AvgIpc) is 3.07. The summed E-state index contributed by atoms with van der Waals surface area (Å²) in [5.41, 5.74) is 1.42. The molecular formula is C16H16N4S2. The van der Waals surface area contributed by atoms with Crippen molar-refractivity contribution in [2.24, 2.45) is 5.92 Å². The lowest BCUT2D eigenvalue weighted by atomic mass is 10.1. The van der Waals surface area contributed by atoms with Crippen LogP contribution in [0.4, 0.5) is 0 Å². The molecule has 0 amide bonds. The number of thioether (sulfide) groups is 1. The van der Waals surface area contributed by atoms with Crippen LogP contribution < -0.4 is 0 Å². The summed E-state index contributed by atoms with van der Waals surface area (Å²) < 4.78 is 0. The zero-order valence-electron chi connectivity index (χ0n) is 12.4. The van der Waals surface area contributed by atoms with Gasteiger partial charge in [0, 0.05) is 22.4 Å². The quantitative estimate of drug-likeness (QED) is 0.612. The Bertz CT molecular complexity index is 782. The molecule has 0 saturated heterocycles. The smallest absolute Gasteiger partial charge is 0.128 e. The standard InChI is InChI=1S/C16H16N4S2/c1-10-19-15(21-9-11(8-18)4-3-7-17)14-12-5-2-6-13(12)22-16(14)20-10/h11H,2-6,9H2,1H3/t11-/m0/s1. The van der Waals surface area contributed by atoms with Crippen LogP contribution in [0.2, 0.25) is 0 Å². The largest absolute Gasteiger partial charge is 0.226 e. The molecule has 0 fully saturated rings. The maximum atomic E-state index is 9.21. The Morgan fingerprint density at radius 2 is 2.18 bits per heavy atom. The summed E-state index contributed by atoms with van der Waals surface area (Å²) in [6.45, 7) is 1.92. The number of nitriles is 2. The third-order valence-electron chi connectivity index (χ3n) is 3.85. The summed E-state index contributed by atoms with van der Waals surface area (Å²) in [5, 5.41) is 20.1. The number of fused-ring (bicyclic) bond motifs is 3. The van der Waals surface area contributed by atoms with Gasteiger partial charge in [-0.25, -0.2) is 9.97 Å². The summed E-state index contributed by atoms with van der Waals surface area (Å²) in [7, 11) is 0. The van der Waals surface area contributed by atoms with Gasteiger partial charge < -0.3 is 0 Å². The molecule has 1 atom stereocenters. The van der Waals surface area contributed by atoms with Crippen LogP contribution in [0.5, 0.6) is 0 Å². The zero-order chi connectivity index (χ0) is 15.5. The maximum absolute atomic E-state index is 9.21. The van der Waals surface area contributed by atoms with Crippen molar-refractivity contribution in [2.45, 2.75) is 44.1 Å². The molecule has 1 aliphatic carbocycles. The van der Waals surface area contributed by atoms with Crippen molar-refractivity contribution < 1.29 is 0 Å². The normalized spacial score (nSPS) is 14.5. The van der Waals surface area contributed by atoms with Crippen molar-refractivity contribution in [1.82, 2.24) is 9.97 Å². The van der Waals surface area contributed by atoms with Crippen LogP contribution >= 0.6 is 23.1 Å². The molecule has 2 aromatic rings. The van der Waals surface area contributed by atoms with E-state index < -0.39 is 0 Å². The Morgan fingerprint density at radius 3 is 2.95 bits per heavy atom. The fourth-order valence-corrected chi connectivity index (χ4v) is 5.30. The molecule has 0 radical (unpaired) electrons. The third-order valence-corrected chi connectivity index (χ3v) is 6.18. The highest BCUT2D eigenvalue weighted by atomic mass is 32.2. The van der Waals surface area contributed by atoms with Crippen LogP contribution in [0.3, 0.4) is 0 Å². The van der Waals surface area contributed by atoms with Crippen LogP contribution in [-0.2, 0) is 12.8 Å². The first-order chi connectivity index (χ1) is 10.7. The summed E-state index contributed by atoms with van der Waals surface area (Å²) in [6, 6.07) is 4.42. The lowest BCUT2D eigenvalue weighted by molar-refractivity contribution is 0.685. The number of thiophene rings is 1. The highest BCUT2D eigenvalue weighted by Crippen LogP contribution is 2.40. The van der Waals surface area contributed by atoms with E-state index in [4.69, 9.17) is 5.26 Å². The van der Waals surface area contributed by atoms with Crippen molar-refractivity contribution in [3.63, 3.8) is 0 Å². The Hall–Kier alpha value is -1.63. The first-order valence-electron chi connectivity index (χ1n) is 7.41. The van der Waals surface area contributed by atoms with Crippen molar-refractivity contribution in [3.05, 3.63) is 16.3 Å². The minimum atomic E-state index is -0.0957. The molecular weight excluding hydrogens is 312 g/mol. The van der Waals surface area contributed by atoms with Crippen LogP contribution in [0.15, 0.2) is 5.03 Å². The highest BCUT2D eigenvalue weighted by Gasteiger charge is 2.22. The van der Waals surface area contributed by atoms with Gasteiger partial charge in [-0.05, 0) is 38.2 Å². The summed E-state index contributed by atoms with van der Waals surface area (Å²) in [6.07, 6.45) is 4.56. The molecule has 0 aromatic carbocycles. The van der Waals surface area contributed by atoms with Gasteiger partial charge in [0.1, 0.15) is 15.7 Å². The Labute approximate surface area is 138 Å². The van der Waals surface area contributed by atoms with Crippen molar-refractivity contribution in [1.29, 1.82) is 10.5 Å². The second-order valence-corrected chi connectivity index (χ2v) is 7.54. The molecule has 0 spiro atoms. The highest BCUT2D eigenvalue weighted by molar-refractivity contribution is 7.99. The molecule has 0 N–H and O–H groups in total. The van der Waals surface area contributed by atoms with Crippen LogP contribution in [0.25, 0.3) is 10.2 Å². The average molecular weight is 328 g/mol. The fourth-order valence-electron chi connectivity index (χ4n) is 2.77. The van der Waals surface area contributed by atoms with Crippen molar-refractivity contribution in [3.8, 4) is 12.1 Å². The number of aryl methyl sites for hydroxylation is 3. The number of hydrogen-bond donors (Lipinski definition) is 0. The number of nitrogens with zero attached hydrogens (tertiary/aromatic N) is 4. The molecule has 1 aliphatic rings. The molecule has 0 aliphatic heterocycles. The van der Waals surface area contributed by atoms with E-state index in [0.29, 0.717) is 18.6 Å². The Balaban J connectivity index is 1.87. The van der Waals surface area contributed by atoms with E-state index in [1.165, 1.54) is 22.2 Å². The summed E-state index contributed by atoms with van der Waals surface area (Å²) in [5.74, 6) is 1.39. The summed E-state index contributed by atoms with van der Waals surface area (Å²) in [4.78, 5) is 11.7. The van der Waals surface area contributed by atoms with E-state index in [9.17, 15) is 5.26 Å². The lowest BCUT2D eigenvalue weighted by Crippen LogP contribution is -2.01. The lowest BCUT2D eigenvalue weighted by Gasteiger charge is -2.08. The SMILES string of the molecule is Cc1nc(SC[C@H](C#N)CCC#N)c2c3c(sc2n1)CCC3. The van der Waals surface area contributed by atoms with Gasteiger partial charge in [0.25, 0.3) is 0 Å². The van der Waals surface area contributed by atoms with Gasteiger partial charge in [-0.2, -0.15) is 10.5 Å². The molecule has 6 heteroatoms. The van der Waals surface area contributed by atoms with Gasteiger partial charge in [-0.1, -0.05) is 0 Å². The first-order valence-corrected chi connectivity index (χ1v) is 9.21. The minimum Gasteiger partial charge on any atom is -0.226 e. The fraction of sp³-hybridized carbons (Fsp3) is 0.500. The van der Waals surface area contributed by atoms with Crippen molar-refractivity contribution in [2.75, 3.05) is 5.75 Å². The first kappa shape index (κ1) is 15.3. The van der Waals surface area contributed by atoms with E-state index in [1.807, 2.05) is 6.92 Å². The molecule has 0 unspecified atom stereocenters. The molecule has 112 valence electrons. The number of aromatic nitrogens is 2. The van der Waals surface area contributed by atoms with Crippen LogP contribution in [0, 0.1) is 35.5 Å². The molecule has 2 heterocycles. The van der Waals surface area contributed by atoms with Gasteiger partial charge in [0.2, 0.25) is 0 Å². The molecule has 22 heavy (non-hydrogen) atoms. The molecule has 2 aromatic heterocycles. The van der Waals surface area contributed by atoms with Gasteiger partial charge in [-0.3, -0.25) is 0 Å². The van der Waals surface area contributed by atoms with Crippen molar-refractivity contribution >= 4 is 33.3 Å². The minimum absolute atomic E-state index is 0.0957. The molecule has 0 saturated carbocycles. The van der Waals surface area contributed by atoms with Gasteiger partial charge >= 0.3 is 0 Å². The topological polar surface area (TPSA) is 73.4 Å². The van der Waals surface area contributed by atoms with Gasteiger partial charge in [0.05, 0.1) is 18.1 Å². The monoisotopic (exact) mass is 328 g/mol. The predicted molar refractivity (Wildman–Crippen MR) is 88.9 cm³/mol. The second-order valence-electron chi connectivity index (χ2n) is 5.45. The molecule has 3 rings (SSSR count). The molecule has 4 nitrogen and oxygen atoms in total. The number of hydrogen-bond acceptors (Lipinski definition) is 6. The number of rotatable bonds is 5. The van der Waals surface area contributed by atoms with E-state index in [2.05, 4.69) is 22.1 Å². The van der Waals surface area contributed by atoms with E-state index in [1.54, 1.807) is 23.1 Å². The maximum Gasteiger partial charge on any atom is 0.128 e. The van der Waals surface area contributed by atoms with E-state index >= 15 is 0 Å². The molecule has 0 bridgehead atoms. The van der Waals surface area contributed by atoms with E-state index in [-0.39, 0.29) is 5.92 Å². The second kappa shape index (κ2) is 6.64. The van der Waals surface area contributed by atoms with Crippen LogP contribution in [0.1, 0.15) is 35.5 Å². The van der Waals surface area contributed by atoms with E-state index in [0.717, 1.165) is 28.5 Å². The Kier molecular flexibility index (Phi) is 4.61. The predicted octanol–water partition coefficient (Wildman–Crippen LogP) is 4.02. The Morgan fingerprint density at radius 1 is 1.32 bits per heavy atom. The zero-order valence-corrected chi connectivity index (χ0v) is 14.1. The van der Waals surface area contributed by atoms with Gasteiger partial charge in [0.15, 0.2) is 0 Å².